The smallest absolute Gasteiger partial charge is 0.162 e. The summed E-state index contributed by atoms with van der Waals surface area (Å²) in [4.78, 5) is 55.0. The van der Waals surface area contributed by atoms with Crippen LogP contribution in [0.2, 0.25) is 0 Å². The molecule has 2 aromatic rings. The molecule has 0 spiro atoms. The van der Waals surface area contributed by atoms with Crippen LogP contribution < -0.4 is 29.6 Å². The van der Waals surface area contributed by atoms with Gasteiger partial charge in [-0.05, 0) is 82.7 Å². The number of carbonyl (C=O) groups is 4. The standard InChI is InChI=1S/C56H72N2O11/c1-53(2)25-35-49(39(59)29-53)47(50-36(57-35)26-54(3,4)30-40(50)60)33-11-13-43(45(23-33)63-9)68-21-19-66-17-15-65-16-18-67-20-22-69-44-14-12-34(24-46(44)64-10)48-51-37(27-55(5,6)31-41(51)61)58-38-28-56(7,8)32-42(62)52(38)48/h11-14,23-24,47-48,57-58H,15-22,25-32H2,1-10H3. The molecular formula is C56H72N2O11. The zero-order valence-corrected chi connectivity index (χ0v) is 42.4. The fraction of sp³-hybridized carbons (Fsp3) is 0.571. The summed E-state index contributed by atoms with van der Waals surface area (Å²) in [5, 5.41) is 7.15. The quantitative estimate of drug-likeness (QED) is 0.137. The van der Waals surface area contributed by atoms with Crippen molar-refractivity contribution in [3.05, 3.63) is 92.6 Å². The second-order valence-corrected chi connectivity index (χ2v) is 22.8. The van der Waals surface area contributed by atoms with E-state index in [-0.39, 0.29) is 58.0 Å². The number of rotatable bonds is 18. The molecule has 2 aromatic carbocycles. The number of dihydropyridines is 2. The van der Waals surface area contributed by atoms with E-state index in [4.69, 9.17) is 33.2 Å². The Morgan fingerprint density at radius 1 is 0.406 bits per heavy atom. The van der Waals surface area contributed by atoms with Crippen molar-refractivity contribution in [3.8, 4) is 23.0 Å². The minimum atomic E-state index is -0.454. The van der Waals surface area contributed by atoms with Crippen LogP contribution in [0.25, 0.3) is 0 Å². The number of nitrogens with one attached hydrogen (secondary N) is 2. The lowest BCUT2D eigenvalue weighted by atomic mass is 9.64. The number of Topliss-reactive ketones (excluding diaryl/α,β-unsaturated/α-hetero) is 4. The fourth-order valence-corrected chi connectivity index (χ4v) is 11.4. The highest BCUT2D eigenvalue weighted by Gasteiger charge is 2.48. The van der Waals surface area contributed by atoms with Gasteiger partial charge in [-0.1, -0.05) is 67.5 Å². The van der Waals surface area contributed by atoms with E-state index in [1.165, 1.54) is 0 Å². The number of ether oxygens (including phenoxy) is 7. The number of methoxy groups -OCH3 is 2. The molecule has 6 aliphatic rings. The molecule has 0 fully saturated rings. The second-order valence-electron chi connectivity index (χ2n) is 22.8. The Hall–Kier alpha value is -5.24. The first-order chi connectivity index (χ1) is 32.7. The maximum atomic E-state index is 13.8. The third-order valence-corrected chi connectivity index (χ3v) is 14.2. The predicted octanol–water partition coefficient (Wildman–Crippen LogP) is 9.16. The molecule has 4 aliphatic carbocycles. The lowest BCUT2D eigenvalue weighted by molar-refractivity contribution is -0.120. The lowest BCUT2D eigenvalue weighted by Gasteiger charge is -2.44. The molecule has 0 saturated heterocycles. The molecule has 0 atom stereocenters. The van der Waals surface area contributed by atoms with Gasteiger partial charge in [0.25, 0.3) is 0 Å². The average Bonchev–Trinajstić information content (AvgIpc) is 3.24. The van der Waals surface area contributed by atoms with Crippen LogP contribution in [0.5, 0.6) is 23.0 Å². The van der Waals surface area contributed by atoms with Crippen LogP contribution in [-0.4, -0.2) is 90.2 Å². The summed E-state index contributed by atoms with van der Waals surface area (Å²) < 4.78 is 40.9. The molecule has 2 N–H and O–H groups in total. The number of hydrogen-bond acceptors (Lipinski definition) is 13. The molecule has 0 aromatic heterocycles. The van der Waals surface area contributed by atoms with E-state index in [1.807, 2.05) is 36.4 Å². The average molecular weight is 949 g/mol. The highest BCUT2D eigenvalue weighted by atomic mass is 16.6. The van der Waals surface area contributed by atoms with Gasteiger partial charge in [-0.3, -0.25) is 19.2 Å². The Morgan fingerprint density at radius 3 is 0.957 bits per heavy atom. The molecule has 13 heteroatoms. The number of ketones is 4. The summed E-state index contributed by atoms with van der Waals surface area (Å²) in [5.41, 5.74) is 7.51. The molecule has 0 bridgehead atoms. The highest BCUT2D eigenvalue weighted by Crippen LogP contribution is 2.54. The number of allylic oxidation sites excluding steroid dienone is 8. The Balaban J connectivity index is 0.770. The van der Waals surface area contributed by atoms with Gasteiger partial charge in [0.1, 0.15) is 13.2 Å². The second kappa shape index (κ2) is 19.9. The van der Waals surface area contributed by atoms with Gasteiger partial charge in [-0.25, -0.2) is 0 Å². The van der Waals surface area contributed by atoms with Crippen molar-refractivity contribution in [2.75, 3.05) is 67.1 Å². The molecule has 69 heavy (non-hydrogen) atoms. The Morgan fingerprint density at radius 2 is 0.681 bits per heavy atom. The first-order valence-corrected chi connectivity index (χ1v) is 24.6. The first-order valence-electron chi connectivity index (χ1n) is 24.6. The zero-order valence-electron chi connectivity index (χ0n) is 42.4. The topological polar surface area (TPSA) is 157 Å². The van der Waals surface area contributed by atoms with Gasteiger partial charge in [-0.15, -0.1) is 0 Å². The minimum Gasteiger partial charge on any atom is -0.493 e. The van der Waals surface area contributed by atoms with Crippen LogP contribution in [0.4, 0.5) is 0 Å². The van der Waals surface area contributed by atoms with Gasteiger partial charge >= 0.3 is 0 Å². The molecule has 372 valence electrons. The highest BCUT2D eigenvalue weighted by molar-refractivity contribution is 6.08. The lowest BCUT2D eigenvalue weighted by Crippen LogP contribution is -2.42. The van der Waals surface area contributed by atoms with E-state index < -0.39 is 11.8 Å². The molecular weight excluding hydrogens is 877 g/mol. The Labute approximate surface area is 407 Å². The molecule has 0 unspecified atom stereocenters. The Kier molecular flexibility index (Phi) is 14.4. The summed E-state index contributed by atoms with van der Waals surface area (Å²) in [7, 11) is 3.18. The van der Waals surface area contributed by atoms with Crippen molar-refractivity contribution < 1.29 is 52.3 Å². The summed E-state index contributed by atoms with van der Waals surface area (Å²) in [6.07, 6.45) is 4.70. The largest absolute Gasteiger partial charge is 0.493 e. The molecule has 0 amide bonds. The first kappa shape index (κ1) is 50.2. The van der Waals surface area contributed by atoms with Crippen LogP contribution in [-0.2, 0) is 33.4 Å². The molecule has 2 heterocycles. The van der Waals surface area contributed by atoms with Gasteiger partial charge in [0.2, 0.25) is 0 Å². The van der Waals surface area contributed by atoms with Gasteiger partial charge in [0, 0.05) is 82.6 Å². The SMILES string of the molecule is COc1cc(C2C3=C(CC(C)(C)CC3=O)NC3=C2C(=O)CC(C)(C)C3)ccc1OCCOCCOCCOCCOc1ccc(C2C3=C(CC(C)(C)CC3=O)NC3=C2C(=O)CC(C)(C)C3)cc1OC. The fourth-order valence-electron chi connectivity index (χ4n) is 11.4. The van der Waals surface area contributed by atoms with Crippen molar-refractivity contribution in [2.45, 2.75) is 119 Å². The Bertz CT molecular complexity index is 2240. The van der Waals surface area contributed by atoms with Crippen molar-refractivity contribution in [1.29, 1.82) is 0 Å². The normalized spacial score (nSPS) is 21.8. The summed E-state index contributed by atoms with van der Waals surface area (Å²) in [6, 6.07) is 11.4. The minimum absolute atomic E-state index is 0.0800. The molecule has 13 nitrogen and oxygen atoms in total. The van der Waals surface area contributed by atoms with E-state index in [9.17, 15) is 19.2 Å². The third kappa shape index (κ3) is 11.1. The van der Waals surface area contributed by atoms with Crippen molar-refractivity contribution in [3.63, 3.8) is 0 Å². The van der Waals surface area contributed by atoms with Crippen LogP contribution in [0, 0.1) is 21.7 Å². The van der Waals surface area contributed by atoms with E-state index in [0.717, 1.165) is 59.6 Å². The summed E-state index contributed by atoms with van der Waals surface area (Å²) in [6.45, 7) is 19.7. The van der Waals surface area contributed by atoms with Crippen molar-refractivity contribution in [1.82, 2.24) is 10.6 Å². The van der Waals surface area contributed by atoms with Gasteiger partial charge < -0.3 is 43.8 Å². The van der Waals surface area contributed by atoms with Gasteiger partial charge in [-0.2, -0.15) is 0 Å². The number of benzene rings is 2. The summed E-state index contributed by atoms with van der Waals surface area (Å²) in [5.74, 6) is 1.57. The van der Waals surface area contributed by atoms with E-state index in [2.05, 4.69) is 66.0 Å². The van der Waals surface area contributed by atoms with Crippen LogP contribution in [0.1, 0.15) is 130 Å². The molecule has 0 radical (unpaired) electrons. The van der Waals surface area contributed by atoms with Crippen molar-refractivity contribution >= 4 is 23.1 Å². The van der Waals surface area contributed by atoms with E-state index in [0.29, 0.717) is 111 Å². The zero-order chi connectivity index (χ0) is 49.5. The predicted molar refractivity (Wildman–Crippen MR) is 261 cm³/mol. The van der Waals surface area contributed by atoms with Crippen LogP contribution >= 0.6 is 0 Å². The number of hydrogen-bond donors (Lipinski definition) is 2. The van der Waals surface area contributed by atoms with Gasteiger partial charge in [0.15, 0.2) is 46.1 Å². The monoisotopic (exact) mass is 949 g/mol. The maximum absolute atomic E-state index is 13.8. The van der Waals surface area contributed by atoms with E-state index >= 15 is 0 Å². The van der Waals surface area contributed by atoms with Crippen LogP contribution in [0.15, 0.2) is 81.5 Å². The van der Waals surface area contributed by atoms with Gasteiger partial charge in [0.05, 0.1) is 53.9 Å². The summed E-state index contributed by atoms with van der Waals surface area (Å²) >= 11 is 0. The molecule has 2 aliphatic heterocycles. The van der Waals surface area contributed by atoms with Crippen molar-refractivity contribution in [2.24, 2.45) is 21.7 Å². The molecule has 0 saturated carbocycles. The maximum Gasteiger partial charge on any atom is 0.162 e. The third-order valence-electron chi connectivity index (χ3n) is 14.2. The number of carbonyl (C=O) groups excluding carboxylic acids is 4. The van der Waals surface area contributed by atoms with E-state index in [1.54, 1.807) is 14.2 Å². The molecule has 8 rings (SSSR count). The van der Waals surface area contributed by atoms with Crippen LogP contribution in [0.3, 0.4) is 0 Å².